The summed E-state index contributed by atoms with van der Waals surface area (Å²) in [5.74, 6) is 2.09. The number of aryl methyl sites for hydroxylation is 1. The van der Waals surface area contributed by atoms with E-state index in [0.29, 0.717) is 18.4 Å². The summed E-state index contributed by atoms with van der Waals surface area (Å²) >= 11 is 6.41. The maximum absolute atomic E-state index is 6.41. The molecule has 4 heterocycles. The van der Waals surface area contributed by atoms with Gasteiger partial charge in [0.25, 0.3) is 0 Å². The van der Waals surface area contributed by atoms with E-state index < -0.39 is 0 Å². The fourth-order valence-electron chi connectivity index (χ4n) is 6.41. The topological polar surface area (TPSA) is 100 Å². The Labute approximate surface area is 285 Å². The van der Waals surface area contributed by atoms with E-state index in [0.717, 1.165) is 99.6 Å². The number of methoxy groups -OCH3 is 1. The molecule has 48 heavy (non-hydrogen) atoms. The Morgan fingerprint density at radius 2 is 1.85 bits per heavy atom. The van der Waals surface area contributed by atoms with Crippen molar-refractivity contribution in [2.24, 2.45) is 0 Å². The van der Waals surface area contributed by atoms with Crippen LogP contribution in [0.1, 0.15) is 31.2 Å². The minimum atomic E-state index is 0.480. The van der Waals surface area contributed by atoms with Crippen molar-refractivity contribution in [1.29, 1.82) is 0 Å². The average Bonchev–Trinajstić information content (AvgIpc) is 3.73. The van der Waals surface area contributed by atoms with Gasteiger partial charge in [-0.05, 0) is 75.8 Å². The van der Waals surface area contributed by atoms with E-state index >= 15 is 0 Å². The molecule has 0 spiro atoms. The third-order valence-corrected chi connectivity index (χ3v) is 9.50. The zero-order valence-corrected chi connectivity index (χ0v) is 28.5. The number of imidazole rings is 1. The molecule has 0 saturated carbocycles. The molecule has 2 N–H and O–H groups in total. The van der Waals surface area contributed by atoms with Gasteiger partial charge in [0, 0.05) is 72.4 Å². The van der Waals surface area contributed by atoms with Gasteiger partial charge in [0.15, 0.2) is 0 Å². The zero-order valence-electron chi connectivity index (χ0n) is 27.7. The van der Waals surface area contributed by atoms with Gasteiger partial charge in [-0.1, -0.05) is 35.9 Å². The first-order valence-corrected chi connectivity index (χ1v) is 16.8. The summed E-state index contributed by atoms with van der Waals surface area (Å²) in [7, 11) is 6.02. The van der Waals surface area contributed by atoms with Gasteiger partial charge < -0.3 is 24.8 Å². The summed E-state index contributed by atoms with van der Waals surface area (Å²) < 4.78 is 7.75. The molecule has 1 aliphatic rings. The SMILES string of the molecule is CCn1cc(-c2ccnc(Nc3ccc(N4CCC(N(C)C)CC4)cc3OC)n2)c(-c2ccc3nc(Cc4ccccc4Cl)[nH]c3c2)n1. The fraction of sp³-hybridized carbons (Fsp3) is 0.297. The lowest BCUT2D eigenvalue weighted by Gasteiger charge is -2.36. The largest absolute Gasteiger partial charge is 0.494 e. The number of aromatic amines is 1. The molecular weight excluding hydrogens is 622 g/mol. The van der Waals surface area contributed by atoms with Crippen LogP contribution in [0, 0.1) is 0 Å². The van der Waals surface area contributed by atoms with Crippen molar-refractivity contribution in [3.05, 3.63) is 95.5 Å². The molecule has 11 heteroatoms. The summed E-state index contributed by atoms with van der Waals surface area (Å²) in [6.45, 7) is 4.85. The predicted octanol–water partition coefficient (Wildman–Crippen LogP) is 7.43. The standard InChI is InChI=1S/C37H40ClN9O/c1-5-47-23-28(36(44-47)25-10-12-31-33(20-25)41-35(40-31)21-24-8-6-7-9-29(24)38)30-14-17-39-37(42-30)43-32-13-11-27(22-34(32)48-4)46-18-15-26(16-19-46)45(2)3/h6-14,17,20,22-23,26H,5,15-16,18-19,21H2,1-4H3,(H,40,41)(H,39,42,43). The van der Waals surface area contributed by atoms with Crippen LogP contribution >= 0.6 is 11.6 Å². The minimum absolute atomic E-state index is 0.480. The monoisotopic (exact) mass is 661 g/mol. The lowest BCUT2D eigenvalue weighted by atomic mass is 10.0. The minimum Gasteiger partial charge on any atom is -0.494 e. The number of anilines is 3. The number of rotatable bonds is 10. The number of piperidine rings is 1. The number of aromatic nitrogens is 6. The van der Waals surface area contributed by atoms with Crippen LogP contribution < -0.4 is 15.0 Å². The van der Waals surface area contributed by atoms with E-state index in [4.69, 9.17) is 31.4 Å². The number of nitrogens with one attached hydrogen (secondary N) is 2. The van der Waals surface area contributed by atoms with Crippen molar-refractivity contribution in [2.75, 3.05) is 44.5 Å². The quantitative estimate of drug-likeness (QED) is 0.156. The van der Waals surface area contributed by atoms with Gasteiger partial charge >= 0.3 is 0 Å². The van der Waals surface area contributed by atoms with Crippen LogP contribution in [0.25, 0.3) is 33.5 Å². The van der Waals surface area contributed by atoms with Crippen LogP contribution in [0.2, 0.25) is 5.02 Å². The Morgan fingerprint density at radius 1 is 1.02 bits per heavy atom. The Hall–Kier alpha value is -4.93. The predicted molar refractivity (Wildman–Crippen MR) is 193 cm³/mol. The second-order valence-corrected chi connectivity index (χ2v) is 12.8. The molecule has 7 rings (SSSR count). The lowest BCUT2D eigenvalue weighted by Crippen LogP contribution is -2.41. The van der Waals surface area contributed by atoms with Gasteiger partial charge in [-0.3, -0.25) is 4.68 Å². The molecule has 1 fully saturated rings. The number of hydrogen-bond donors (Lipinski definition) is 2. The van der Waals surface area contributed by atoms with Gasteiger partial charge in [-0.25, -0.2) is 15.0 Å². The van der Waals surface area contributed by atoms with Crippen molar-refractivity contribution < 1.29 is 4.74 Å². The van der Waals surface area contributed by atoms with Gasteiger partial charge in [0.1, 0.15) is 17.3 Å². The third-order valence-electron chi connectivity index (χ3n) is 9.13. The molecule has 1 saturated heterocycles. The molecule has 0 atom stereocenters. The summed E-state index contributed by atoms with van der Waals surface area (Å²) in [6, 6.07) is 22.9. The Morgan fingerprint density at radius 3 is 2.62 bits per heavy atom. The lowest BCUT2D eigenvalue weighted by molar-refractivity contribution is 0.249. The van der Waals surface area contributed by atoms with Crippen molar-refractivity contribution in [1.82, 2.24) is 34.6 Å². The van der Waals surface area contributed by atoms with E-state index in [-0.39, 0.29) is 0 Å². The number of nitrogens with zero attached hydrogens (tertiary/aromatic N) is 7. The Bertz CT molecular complexity index is 2040. The number of ether oxygens (including phenoxy) is 1. The van der Waals surface area contributed by atoms with Gasteiger partial charge in [-0.2, -0.15) is 5.10 Å². The van der Waals surface area contributed by atoms with Crippen molar-refractivity contribution in [3.63, 3.8) is 0 Å². The fourth-order valence-corrected chi connectivity index (χ4v) is 6.61. The molecule has 0 radical (unpaired) electrons. The second-order valence-electron chi connectivity index (χ2n) is 12.4. The number of fused-ring (bicyclic) bond motifs is 1. The van der Waals surface area contributed by atoms with Crippen molar-refractivity contribution in [2.45, 2.75) is 38.8 Å². The molecule has 1 aliphatic heterocycles. The first-order valence-electron chi connectivity index (χ1n) is 16.4. The molecule has 3 aromatic carbocycles. The van der Waals surface area contributed by atoms with E-state index in [1.165, 1.54) is 0 Å². The van der Waals surface area contributed by atoms with E-state index in [1.807, 2.05) is 53.3 Å². The summed E-state index contributed by atoms with van der Waals surface area (Å²) in [5, 5.41) is 9.06. The van der Waals surface area contributed by atoms with Crippen LogP contribution in [0.3, 0.4) is 0 Å². The molecule has 0 bridgehead atoms. The van der Waals surface area contributed by atoms with Crippen molar-refractivity contribution in [3.8, 4) is 28.3 Å². The number of halogens is 1. The number of benzene rings is 3. The van der Waals surface area contributed by atoms with Crippen LogP contribution in [0.15, 0.2) is 79.1 Å². The molecule has 3 aromatic heterocycles. The number of H-pyrrole nitrogens is 1. The van der Waals surface area contributed by atoms with Crippen molar-refractivity contribution >= 4 is 40.0 Å². The highest BCUT2D eigenvalue weighted by molar-refractivity contribution is 6.31. The summed E-state index contributed by atoms with van der Waals surface area (Å²) in [4.78, 5) is 22.5. The first kappa shape index (κ1) is 31.7. The highest BCUT2D eigenvalue weighted by Gasteiger charge is 2.22. The van der Waals surface area contributed by atoms with Crippen LogP contribution in [0.4, 0.5) is 17.3 Å². The maximum Gasteiger partial charge on any atom is 0.227 e. The van der Waals surface area contributed by atoms with Crippen LogP contribution in [0.5, 0.6) is 5.75 Å². The molecular formula is C37H40ClN9O. The summed E-state index contributed by atoms with van der Waals surface area (Å²) in [6.07, 6.45) is 6.72. The highest BCUT2D eigenvalue weighted by atomic mass is 35.5. The van der Waals surface area contributed by atoms with Crippen LogP contribution in [-0.4, -0.2) is 75.0 Å². The Kier molecular flexibility index (Phi) is 9.01. The maximum atomic E-state index is 6.41. The average molecular weight is 662 g/mol. The smallest absolute Gasteiger partial charge is 0.227 e. The molecule has 246 valence electrons. The van der Waals surface area contributed by atoms with Gasteiger partial charge in [-0.15, -0.1) is 0 Å². The Balaban J connectivity index is 1.14. The second kappa shape index (κ2) is 13.7. The molecule has 6 aromatic rings. The normalized spacial score (nSPS) is 13.8. The van der Waals surface area contributed by atoms with E-state index in [9.17, 15) is 0 Å². The zero-order chi connectivity index (χ0) is 33.2. The van der Waals surface area contributed by atoms with Gasteiger partial charge in [0.05, 0.1) is 29.5 Å². The number of hydrogen-bond acceptors (Lipinski definition) is 8. The molecule has 0 amide bonds. The first-order chi connectivity index (χ1) is 23.4. The van der Waals surface area contributed by atoms with E-state index in [1.54, 1.807) is 13.3 Å². The summed E-state index contributed by atoms with van der Waals surface area (Å²) in [5.41, 5.74) is 8.33. The molecule has 0 aliphatic carbocycles. The van der Waals surface area contributed by atoms with E-state index in [2.05, 4.69) is 70.4 Å². The van der Waals surface area contributed by atoms with Crippen LogP contribution in [-0.2, 0) is 13.0 Å². The third kappa shape index (κ3) is 6.58. The molecule has 0 unspecified atom stereocenters. The van der Waals surface area contributed by atoms with Gasteiger partial charge in [0.2, 0.25) is 5.95 Å². The molecule has 10 nitrogen and oxygen atoms in total. The highest BCUT2D eigenvalue weighted by Crippen LogP contribution is 2.35.